The molecular weight excluding hydrogens is 336 g/mol. The van der Waals surface area contributed by atoms with Crippen molar-refractivity contribution in [3.8, 4) is 0 Å². The van der Waals surface area contributed by atoms with E-state index < -0.39 is 0 Å². The number of carbonyl (C=O) groups excluding carboxylic acids is 2. The van der Waals surface area contributed by atoms with Crippen molar-refractivity contribution in [1.82, 2.24) is 5.32 Å². The number of hydrogen-bond acceptors (Lipinski definition) is 2. The molecule has 1 N–H and O–H groups in total. The highest BCUT2D eigenvalue weighted by atomic mass is 16.2. The molecule has 146 valence electrons. The summed E-state index contributed by atoms with van der Waals surface area (Å²) in [4.78, 5) is 27.0. The average Bonchev–Trinajstić information content (AvgIpc) is 3.09. The second kappa shape index (κ2) is 9.20. The standard InChI is InChI=1S/C23H32N2O2/c1-3-17(2)20-11-7-8-12-21(20)25-16-19(15-22(25)26)23(27)24-14-13-18-9-5-4-6-10-18/h7-9,11-12,17,19H,3-6,10,13-16H2,1-2H3,(H,24,27)/t17-,19-/m1/s1. The third kappa shape index (κ3) is 4.79. The summed E-state index contributed by atoms with van der Waals surface area (Å²) in [7, 11) is 0. The van der Waals surface area contributed by atoms with Gasteiger partial charge in [-0.05, 0) is 56.1 Å². The molecule has 4 nitrogen and oxygen atoms in total. The summed E-state index contributed by atoms with van der Waals surface area (Å²) in [6.45, 7) is 5.51. The topological polar surface area (TPSA) is 49.4 Å². The Morgan fingerprint density at radius 2 is 2.11 bits per heavy atom. The van der Waals surface area contributed by atoms with Crippen molar-refractivity contribution in [3.63, 3.8) is 0 Å². The number of benzene rings is 1. The lowest BCUT2D eigenvalue weighted by atomic mass is 9.96. The van der Waals surface area contributed by atoms with Crippen LogP contribution in [0, 0.1) is 5.92 Å². The first-order valence-corrected chi connectivity index (χ1v) is 10.4. The van der Waals surface area contributed by atoms with E-state index in [0.29, 0.717) is 25.4 Å². The van der Waals surface area contributed by atoms with Crippen LogP contribution >= 0.6 is 0 Å². The second-order valence-corrected chi connectivity index (χ2v) is 7.92. The molecule has 4 heteroatoms. The molecule has 1 heterocycles. The largest absolute Gasteiger partial charge is 0.355 e. The monoisotopic (exact) mass is 368 g/mol. The Morgan fingerprint density at radius 3 is 2.85 bits per heavy atom. The SMILES string of the molecule is CC[C@@H](C)c1ccccc1N1C[C@H](C(=O)NCCC2=CCCCC2)CC1=O. The van der Waals surface area contributed by atoms with Crippen LogP contribution in [0.25, 0.3) is 0 Å². The van der Waals surface area contributed by atoms with Crippen LogP contribution in [-0.4, -0.2) is 24.9 Å². The fraction of sp³-hybridized carbons (Fsp3) is 0.565. The minimum Gasteiger partial charge on any atom is -0.355 e. The zero-order valence-corrected chi connectivity index (χ0v) is 16.7. The summed E-state index contributed by atoms with van der Waals surface area (Å²) >= 11 is 0. The number of allylic oxidation sites excluding steroid dienone is 1. The number of hydrogen-bond donors (Lipinski definition) is 1. The highest BCUT2D eigenvalue weighted by molar-refractivity contribution is 6.00. The molecule has 3 rings (SSSR count). The molecule has 2 atom stereocenters. The average molecular weight is 369 g/mol. The van der Waals surface area contributed by atoms with E-state index in [1.807, 2.05) is 23.1 Å². The summed E-state index contributed by atoms with van der Waals surface area (Å²) < 4.78 is 0. The van der Waals surface area contributed by atoms with Gasteiger partial charge in [0, 0.05) is 25.2 Å². The first-order chi connectivity index (χ1) is 13.1. The smallest absolute Gasteiger partial charge is 0.227 e. The van der Waals surface area contributed by atoms with E-state index in [1.165, 1.54) is 30.4 Å². The van der Waals surface area contributed by atoms with E-state index in [0.717, 1.165) is 24.9 Å². The van der Waals surface area contributed by atoms with Gasteiger partial charge in [0.15, 0.2) is 0 Å². The molecule has 1 aliphatic heterocycles. The van der Waals surface area contributed by atoms with Gasteiger partial charge in [-0.3, -0.25) is 9.59 Å². The van der Waals surface area contributed by atoms with Gasteiger partial charge >= 0.3 is 0 Å². The van der Waals surface area contributed by atoms with Crippen molar-refractivity contribution in [1.29, 1.82) is 0 Å². The van der Waals surface area contributed by atoms with Gasteiger partial charge in [0.2, 0.25) is 11.8 Å². The Hall–Kier alpha value is -2.10. The molecule has 1 aliphatic carbocycles. The molecule has 2 amide bonds. The lowest BCUT2D eigenvalue weighted by Gasteiger charge is -2.23. The van der Waals surface area contributed by atoms with Gasteiger partial charge in [0.05, 0.1) is 5.92 Å². The number of amides is 2. The molecule has 1 saturated heterocycles. The van der Waals surface area contributed by atoms with Crippen molar-refractivity contribution >= 4 is 17.5 Å². The maximum atomic E-state index is 12.6. The maximum absolute atomic E-state index is 12.6. The van der Waals surface area contributed by atoms with Crippen molar-refractivity contribution < 1.29 is 9.59 Å². The Morgan fingerprint density at radius 1 is 1.30 bits per heavy atom. The van der Waals surface area contributed by atoms with Gasteiger partial charge in [0.1, 0.15) is 0 Å². The van der Waals surface area contributed by atoms with E-state index in [9.17, 15) is 9.59 Å². The molecule has 0 aromatic heterocycles. The second-order valence-electron chi connectivity index (χ2n) is 7.92. The Bertz CT molecular complexity index is 710. The highest BCUT2D eigenvalue weighted by Gasteiger charge is 2.36. The van der Waals surface area contributed by atoms with Crippen LogP contribution in [0.1, 0.15) is 70.3 Å². The summed E-state index contributed by atoms with van der Waals surface area (Å²) in [5.74, 6) is 0.220. The number of nitrogens with one attached hydrogen (secondary N) is 1. The number of rotatable bonds is 7. The third-order valence-electron chi connectivity index (χ3n) is 6.00. The molecule has 1 aromatic carbocycles. The minimum absolute atomic E-state index is 0.0169. The van der Waals surface area contributed by atoms with Crippen molar-refractivity contribution in [2.24, 2.45) is 5.92 Å². The van der Waals surface area contributed by atoms with E-state index in [-0.39, 0.29) is 17.7 Å². The fourth-order valence-electron chi connectivity index (χ4n) is 4.11. The predicted octanol–water partition coefficient (Wildman–Crippen LogP) is 4.56. The zero-order valence-electron chi connectivity index (χ0n) is 16.7. The fourth-order valence-corrected chi connectivity index (χ4v) is 4.11. The Kier molecular flexibility index (Phi) is 6.70. The van der Waals surface area contributed by atoms with Crippen molar-refractivity contribution in [3.05, 3.63) is 41.5 Å². The predicted molar refractivity (Wildman–Crippen MR) is 110 cm³/mol. The molecule has 27 heavy (non-hydrogen) atoms. The minimum atomic E-state index is -0.247. The molecule has 0 saturated carbocycles. The summed E-state index contributed by atoms with van der Waals surface area (Å²) in [6, 6.07) is 8.10. The van der Waals surface area contributed by atoms with E-state index in [4.69, 9.17) is 0 Å². The van der Waals surface area contributed by atoms with E-state index in [2.05, 4.69) is 31.3 Å². The number of nitrogens with zero attached hydrogens (tertiary/aromatic N) is 1. The lowest BCUT2D eigenvalue weighted by molar-refractivity contribution is -0.126. The number of para-hydroxylation sites is 1. The van der Waals surface area contributed by atoms with Crippen LogP contribution in [0.3, 0.4) is 0 Å². The molecular formula is C23H32N2O2. The summed E-state index contributed by atoms with van der Waals surface area (Å²) in [5.41, 5.74) is 3.63. The number of carbonyl (C=O) groups is 2. The molecule has 1 fully saturated rings. The lowest BCUT2D eigenvalue weighted by Crippen LogP contribution is -2.34. The molecule has 2 aliphatic rings. The molecule has 0 spiro atoms. The number of anilines is 1. The molecule has 0 bridgehead atoms. The maximum Gasteiger partial charge on any atom is 0.227 e. The van der Waals surface area contributed by atoms with Gasteiger partial charge in [-0.25, -0.2) is 0 Å². The van der Waals surface area contributed by atoms with Crippen LogP contribution < -0.4 is 10.2 Å². The Labute approximate surface area is 163 Å². The first-order valence-electron chi connectivity index (χ1n) is 10.4. The van der Waals surface area contributed by atoms with Crippen LogP contribution in [0.15, 0.2) is 35.9 Å². The van der Waals surface area contributed by atoms with Gasteiger partial charge < -0.3 is 10.2 Å². The quantitative estimate of drug-likeness (QED) is 0.717. The zero-order chi connectivity index (χ0) is 19.2. The summed E-state index contributed by atoms with van der Waals surface area (Å²) in [5, 5.41) is 3.05. The van der Waals surface area contributed by atoms with Crippen molar-refractivity contribution in [2.75, 3.05) is 18.0 Å². The Balaban J connectivity index is 1.58. The van der Waals surface area contributed by atoms with Gasteiger partial charge in [-0.1, -0.05) is 43.7 Å². The van der Waals surface area contributed by atoms with Crippen molar-refractivity contribution in [2.45, 2.75) is 64.7 Å². The van der Waals surface area contributed by atoms with E-state index >= 15 is 0 Å². The molecule has 0 radical (unpaired) electrons. The molecule has 0 unspecified atom stereocenters. The van der Waals surface area contributed by atoms with Gasteiger partial charge in [-0.2, -0.15) is 0 Å². The normalized spacial score (nSPS) is 21.1. The highest BCUT2D eigenvalue weighted by Crippen LogP contribution is 2.33. The van der Waals surface area contributed by atoms with Crippen LogP contribution in [0.5, 0.6) is 0 Å². The molecule has 1 aromatic rings. The third-order valence-corrected chi connectivity index (χ3v) is 6.00. The van der Waals surface area contributed by atoms with E-state index in [1.54, 1.807) is 0 Å². The van der Waals surface area contributed by atoms with Gasteiger partial charge in [0.25, 0.3) is 0 Å². The summed E-state index contributed by atoms with van der Waals surface area (Å²) in [6.07, 6.45) is 9.48. The first kappa shape index (κ1) is 19.7. The van der Waals surface area contributed by atoms with Crippen LogP contribution in [0.4, 0.5) is 5.69 Å². The van der Waals surface area contributed by atoms with Crippen LogP contribution in [0.2, 0.25) is 0 Å². The van der Waals surface area contributed by atoms with Crippen LogP contribution in [-0.2, 0) is 9.59 Å². The van der Waals surface area contributed by atoms with Gasteiger partial charge in [-0.15, -0.1) is 0 Å².